The minimum absolute atomic E-state index is 0.359. The van der Waals surface area contributed by atoms with Gasteiger partial charge >= 0.3 is 0 Å². The van der Waals surface area contributed by atoms with Gasteiger partial charge in [-0.25, -0.2) is 0 Å². The molecule has 0 unspecified atom stereocenters. The Balaban J connectivity index is 0.000000154. The van der Waals surface area contributed by atoms with Gasteiger partial charge in [-0.2, -0.15) is 0 Å². The number of carbonyl (C=O) groups excluding carboxylic acids is 2. The predicted octanol–water partition coefficient (Wildman–Crippen LogP) is 16.1. The molecule has 0 bridgehead atoms. The standard InChI is InChI=1S/2C29H48O/c2*1-19(30)20-11-16-26(4)21(20)12-17-28(6)23(26)9-10-24-27(5)15-8-14-25(2,3)22(27)13-18-29(24,28)7/h2*20-24H,8-18H2,1-7H3/t2*20-,21+,22+,23-,24-,26+,27+,28-,29-/m11/s1. The summed E-state index contributed by atoms with van der Waals surface area (Å²) in [6.07, 6.45) is 30.5. The van der Waals surface area contributed by atoms with Gasteiger partial charge in [0.25, 0.3) is 0 Å². The summed E-state index contributed by atoms with van der Waals surface area (Å²) in [5, 5.41) is 0. The highest BCUT2D eigenvalue weighted by Gasteiger charge is 2.72. The van der Waals surface area contributed by atoms with Crippen LogP contribution in [0.3, 0.4) is 0 Å². The van der Waals surface area contributed by atoms with E-state index in [1.54, 1.807) is 0 Å². The van der Waals surface area contributed by atoms with Crippen molar-refractivity contribution in [2.24, 2.45) is 113 Å². The Morgan fingerprint density at radius 2 is 0.617 bits per heavy atom. The molecule has 0 spiro atoms. The van der Waals surface area contributed by atoms with Gasteiger partial charge in [-0.3, -0.25) is 9.59 Å². The van der Waals surface area contributed by atoms with Crippen LogP contribution in [0.15, 0.2) is 0 Å². The quantitative estimate of drug-likeness (QED) is 0.278. The van der Waals surface area contributed by atoms with Crippen LogP contribution in [-0.2, 0) is 9.59 Å². The van der Waals surface area contributed by atoms with Crippen molar-refractivity contribution in [3.8, 4) is 0 Å². The fourth-order valence-electron chi connectivity index (χ4n) is 23.5. The van der Waals surface area contributed by atoms with Gasteiger partial charge in [0, 0.05) is 11.8 Å². The molecule has 2 nitrogen and oxygen atoms in total. The Hall–Kier alpha value is -0.660. The van der Waals surface area contributed by atoms with Crippen molar-refractivity contribution in [2.45, 2.75) is 238 Å². The van der Waals surface area contributed by atoms with Crippen LogP contribution in [0.4, 0.5) is 0 Å². The topological polar surface area (TPSA) is 34.1 Å². The van der Waals surface area contributed by atoms with Gasteiger partial charge in [0.1, 0.15) is 11.6 Å². The summed E-state index contributed by atoms with van der Waals surface area (Å²) in [6, 6.07) is 0. The third-order valence-corrected chi connectivity index (χ3v) is 26.5. The number of rotatable bonds is 2. The smallest absolute Gasteiger partial charge is 0.133 e. The second-order valence-electron chi connectivity index (χ2n) is 28.7. The molecule has 0 aromatic heterocycles. The molecule has 10 aliphatic carbocycles. The fraction of sp³-hybridized carbons (Fsp3) is 0.966. The molecular formula is C58H96O2. The summed E-state index contributed by atoms with van der Waals surface area (Å²) in [6.45, 7) is 35.7. The van der Waals surface area contributed by atoms with Crippen LogP contribution in [0.1, 0.15) is 238 Å². The highest BCUT2D eigenvalue weighted by atomic mass is 16.1. The molecule has 18 atom stereocenters. The van der Waals surface area contributed by atoms with Gasteiger partial charge in [-0.05, 0) is 244 Å². The number of Topliss-reactive ketones (excluding diaryl/α,β-unsaturated/α-hetero) is 2. The van der Waals surface area contributed by atoms with Gasteiger partial charge in [-0.15, -0.1) is 0 Å². The van der Waals surface area contributed by atoms with E-state index < -0.39 is 0 Å². The molecule has 10 saturated carbocycles. The van der Waals surface area contributed by atoms with Crippen LogP contribution in [-0.4, -0.2) is 11.6 Å². The van der Waals surface area contributed by atoms with Gasteiger partial charge in [0.15, 0.2) is 0 Å². The number of fused-ring (bicyclic) bond motifs is 14. The van der Waals surface area contributed by atoms with E-state index in [0.29, 0.717) is 89.4 Å². The molecule has 10 fully saturated rings. The van der Waals surface area contributed by atoms with Crippen molar-refractivity contribution in [1.82, 2.24) is 0 Å². The van der Waals surface area contributed by atoms with Crippen molar-refractivity contribution in [3.05, 3.63) is 0 Å². The zero-order chi connectivity index (χ0) is 43.5. The Kier molecular flexibility index (Phi) is 10.3. The molecule has 0 amide bonds. The van der Waals surface area contributed by atoms with Gasteiger partial charge < -0.3 is 0 Å². The lowest BCUT2D eigenvalue weighted by atomic mass is 9.32. The monoisotopic (exact) mass is 825 g/mol. The number of hydrogen-bond acceptors (Lipinski definition) is 2. The zero-order valence-corrected chi connectivity index (χ0v) is 42.1. The second-order valence-corrected chi connectivity index (χ2v) is 28.7. The van der Waals surface area contributed by atoms with E-state index in [9.17, 15) is 9.59 Å². The minimum atomic E-state index is 0.359. The zero-order valence-electron chi connectivity index (χ0n) is 42.1. The molecule has 0 N–H and O–H groups in total. The average molecular weight is 825 g/mol. The van der Waals surface area contributed by atoms with Crippen LogP contribution >= 0.6 is 0 Å². The molecule has 0 aromatic carbocycles. The summed E-state index contributed by atoms with van der Waals surface area (Å²) < 4.78 is 0. The Labute approximate surface area is 371 Å². The van der Waals surface area contributed by atoms with Crippen LogP contribution < -0.4 is 0 Å². The first-order valence-corrected chi connectivity index (χ1v) is 26.8. The van der Waals surface area contributed by atoms with E-state index in [0.717, 1.165) is 48.3 Å². The van der Waals surface area contributed by atoms with E-state index in [1.165, 1.54) is 128 Å². The van der Waals surface area contributed by atoms with Crippen LogP contribution in [0, 0.1) is 113 Å². The fourth-order valence-corrected chi connectivity index (χ4v) is 23.5. The summed E-state index contributed by atoms with van der Waals surface area (Å²) in [5.41, 5.74) is 4.82. The average Bonchev–Trinajstić information content (AvgIpc) is 3.69. The molecule has 60 heavy (non-hydrogen) atoms. The van der Waals surface area contributed by atoms with Crippen LogP contribution in [0.2, 0.25) is 0 Å². The van der Waals surface area contributed by atoms with E-state index in [2.05, 4.69) is 83.1 Å². The third kappa shape index (κ3) is 5.66. The minimum Gasteiger partial charge on any atom is -0.300 e. The number of hydrogen-bond donors (Lipinski definition) is 0. The molecule has 0 aromatic rings. The van der Waals surface area contributed by atoms with E-state index >= 15 is 0 Å². The van der Waals surface area contributed by atoms with E-state index in [4.69, 9.17) is 0 Å². The number of carbonyl (C=O) groups is 2. The number of ketones is 2. The Morgan fingerprint density at radius 3 is 0.933 bits per heavy atom. The summed E-state index contributed by atoms with van der Waals surface area (Å²) in [5.74, 6) is 8.27. The molecule has 10 aliphatic rings. The van der Waals surface area contributed by atoms with E-state index in [-0.39, 0.29) is 0 Å². The molecular weight excluding hydrogens is 729 g/mol. The lowest BCUT2D eigenvalue weighted by molar-refractivity contribution is -0.240. The van der Waals surface area contributed by atoms with Crippen molar-refractivity contribution in [3.63, 3.8) is 0 Å². The van der Waals surface area contributed by atoms with Crippen molar-refractivity contribution >= 4 is 11.6 Å². The molecule has 0 aliphatic heterocycles. The SMILES string of the molecule is CC(=O)[C@H]1CC[C@]2(C)[C@H]3CC[C@@H]4[C@@]5(C)CCCC(C)(C)[C@@H]5CC[C@@]4(C)[C@]3(C)CC[C@@H]12.CC(=O)[C@H]1CC[C@]2(C)[C@H]3CC[C@@H]4[C@@]5(C)CCCC(C)(C)[C@@H]5CC[C@@]4(C)[C@]3(C)CC[C@@H]12. The highest BCUT2D eigenvalue weighted by molar-refractivity contribution is 5.79. The first-order valence-electron chi connectivity index (χ1n) is 26.8. The highest BCUT2D eigenvalue weighted by Crippen LogP contribution is 2.80. The van der Waals surface area contributed by atoms with E-state index in [1.807, 2.05) is 13.8 Å². The predicted molar refractivity (Wildman–Crippen MR) is 250 cm³/mol. The maximum atomic E-state index is 12.4. The van der Waals surface area contributed by atoms with Gasteiger partial charge in [0.05, 0.1) is 0 Å². The molecule has 2 heteroatoms. The Bertz CT molecular complexity index is 1600. The van der Waals surface area contributed by atoms with Crippen LogP contribution in [0.5, 0.6) is 0 Å². The molecule has 0 saturated heterocycles. The summed E-state index contributed by atoms with van der Waals surface area (Å²) >= 11 is 0. The lowest BCUT2D eigenvalue weighted by Gasteiger charge is -2.73. The Morgan fingerprint density at radius 1 is 0.317 bits per heavy atom. The lowest BCUT2D eigenvalue weighted by Crippen LogP contribution is -2.65. The normalized spacial score (nSPS) is 57.0. The maximum Gasteiger partial charge on any atom is 0.133 e. The first-order chi connectivity index (χ1) is 27.8. The second kappa shape index (κ2) is 13.9. The van der Waals surface area contributed by atoms with Gasteiger partial charge in [-0.1, -0.05) is 95.9 Å². The van der Waals surface area contributed by atoms with Crippen molar-refractivity contribution < 1.29 is 9.59 Å². The van der Waals surface area contributed by atoms with Crippen molar-refractivity contribution in [2.75, 3.05) is 0 Å². The molecule has 340 valence electrons. The summed E-state index contributed by atoms with van der Waals surface area (Å²) in [7, 11) is 0. The molecule has 10 rings (SSSR count). The molecule has 0 radical (unpaired) electrons. The summed E-state index contributed by atoms with van der Waals surface area (Å²) in [4.78, 5) is 24.9. The van der Waals surface area contributed by atoms with Gasteiger partial charge in [0.2, 0.25) is 0 Å². The molecule has 0 heterocycles. The first kappa shape index (κ1) is 44.5. The maximum absolute atomic E-state index is 12.4. The van der Waals surface area contributed by atoms with Crippen LogP contribution in [0.25, 0.3) is 0 Å². The largest absolute Gasteiger partial charge is 0.300 e. The van der Waals surface area contributed by atoms with Crippen molar-refractivity contribution in [1.29, 1.82) is 0 Å². The third-order valence-electron chi connectivity index (χ3n) is 26.5.